The number of sulfonamides is 1. The molecule has 1 fully saturated rings. The van der Waals surface area contributed by atoms with E-state index in [2.05, 4.69) is 15.9 Å². The molecule has 0 saturated carbocycles. The van der Waals surface area contributed by atoms with Crippen molar-refractivity contribution in [3.05, 3.63) is 28.2 Å². The molecular weight excluding hydrogens is 344 g/mol. The predicted octanol–water partition coefficient (Wildman–Crippen LogP) is 2.11. The number of carbonyl (C=O) groups excluding carboxylic acids is 1. The summed E-state index contributed by atoms with van der Waals surface area (Å²) in [4.78, 5) is 14.3. The third-order valence-corrected chi connectivity index (χ3v) is 4.91. The first kappa shape index (κ1) is 15.5. The summed E-state index contributed by atoms with van der Waals surface area (Å²) in [5.41, 5.74) is 0.351. The molecule has 1 aliphatic heterocycles. The smallest absolute Gasteiger partial charge is 0.254 e. The van der Waals surface area contributed by atoms with E-state index in [-0.39, 0.29) is 16.8 Å². The van der Waals surface area contributed by atoms with Crippen molar-refractivity contribution in [2.45, 2.75) is 37.1 Å². The van der Waals surface area contributed by atoms with Crippen LogP contribution in [-0.2, 0) is 10.0 Å². The summed E-state index contributed by atoms with van der Waals surface area (Å²) in [5, 5.41) is 5.13. The lowest BCUT2D eigenvalue weighted by Gasteiger charge is -2.24. The summed E-state index contributed by atoms with van der Waals surface area (Å²) in [6.07, 6.45) is 2.89. The van der Waals surface area contributed by atoms with Crippen LogP contribution in [0.1, 0.15) is 36.5 Å². The Balaban J connectivity index is 2.38. The zero-order valence-corrected chi connectivity index (χ0v) is 13.6. The molecule has 0 bridgehead atoms. The molecule has 1 aromatic carbocycles. The molecule has 1 amide bonds. The molecule has 1 saturated heterocycles. The molecule has 1 unspecified atom stereocenters. The van der Waals surface area contributed by atoms with Crippen LogP contribution in [0.5, 0.6) is 0 Å². The topological polar surface area (TPSA) is 80.5 Å². The fraction of sp³-hybridized carbons (Fsp3) is 0.462. The van der Waals surface area contributed by atoms with Crippen LogP contribution in [0.3, 0.4) is 0 Å². The molecule has 7 heteroatoms. The highest BCUT2D eigenvalue weighted by atomic mass is 79.9. The minimum absolute atomic E-state index is 0.0533. The van der Waals surface area contributed by atoms with Crippen molar-refractivity contribution in [1.82, 2.24) is 4.90 Å². The van der Waals surface area contributed by atoms with Crippen molar-refractivity contribution in [1.29, 1.82) is 0 Å². The van der Waals surface area contributed by atoms with E-state index in [9.17, 15) is 13.2 Å². The summed E-state index contributed by atoms with van der Waals surface area (Å²) in [6, 6.07) is 4.60. The van der Waals surface area contributed by atoms with Gasteiger partial charge in [-0.25, -0.2) is 13.6 Å². The molecule has 0 aliphatic carbocycles. The minimum atomic E-state index is -3.82. The van der Waals surface area contributed by atoms with Crippen LogP contribution in [0, 0.1) is 0 Å². The van der Waals surface area contributed by atoms with Gasteiger partial charge in [0.1, 0.15) is 0 Å². The van der Waals surface area contributed by atoms with E-state index in [0.29, 0.717) is 16.6 Å². The van der Waals surface area contributed by atoms with Crippen molar-refractivity contribution in [2.24, 2.45) is 5.14 Å². The fourth-order valence-corrected chi connectivity index (χ4v) is 3.77. The molecule has 110 valence electrons. The molecule has 2 rings (SSSR count). The number of nitrogens with two attached hydrogens (primary N) is 1. The van der Waals surface area contributed by atoms with Crippen molar-refractivity contribution < 1.29 is 13.2 Å². The minimum Gasteiger partial charge on any atom is -0.336 e. The summed E-state index contributed by atoms with van der Waals surface area (Å²) < 4.78 is 23.4. The van der Waals surface area contributed by atoms with Crippen LogP contribution in [0.4, 0.5) is 0 Å². The number of hydrogen-bond acceptors (Lipinski definition) is 3. The third-order valence-electron chi connectivity index (χ3n) is 3.56. The maximum Gasteiger partial charge on any atom is 0.254 e. The monoisotopic (exact) mass is 360 g/mol. The Morgan fingerprint density at radius 3 is 2.75 bits per heavy atom. The zero-order chi connectivity index (χ0) is 14.9. The van der Waals surface area contributed by atoms with Gasteiger partial charge in [0.05, 0.1) is 4.90 Å². The largest absolute Gasteiger partial charge is 0.336 e. The number of amides is 1. The number of likely N-dealkylation sites (tertiary alicyclic amines) is 1. The first-order valence-corrected chi connectivity index (χ1v) is 8.81. The number of nitrogens with zero attached hydrogens (tertiary/aromatic N) is 1. The van der Waals surface area contributed by atoms with Crippen LogP contribution < -0.4 is 5.14 Å². The van der Waals surface area contributed by atoms with Gasteiger partial charge >= 0.3 is 0 Å². The average Bonchev–Trinajstić information content (AvgIpc) is 2.84. The van der Waals surface area contributed by atoms with Crippen LogP contribution in [-0.4, -0.2) is 31.8 Å². The summed E-state index contributed by atoms with van der Waals surface area (Å²) in [5.74, 6) is -0.138. The highest BCUT2D eigenvalue weighted by molar-refractivity contribution is 9.10. The molecule has 1 aromatic rings. The second-order valence-electron chi connectivity index (χ2n) is 4.92. The van der Waals surface area contributed by atoms with Gasteiger partial charge in [-0.3, -0.25) is 4.79 Å². The molecule has 20 heavy (non-hydrogen) atoms. The molecule has 0 aromatic heterocycles. The van der Waals surface area contributed by atoms with Crippen LogP contribution >= 0.6 is 15.9 Å². The maximum atomic E-state index is 12.5. The fourth-order valence-electron chi connectivity index (χ4n) is 2.54. The Morgan fingerprint density at radius 2 is 2.15 bits per heavy atom. The third kappa shape index (κ3) is 3.21. The lowest BCUT2D eigenvalue weighted by molar-refractivity contribution is 0.0733. The Kier molecular flexibility index (Phi) is 4.51. The lowest BCUT2D eigenvalue weighted by atomic mass is 10.1. The quantitative estimate of drug-likeness (QED) is 0.895. The van der Waals surface area contributed by atoms with Gasteiger partial charge in [-0.05, 0) is 37.5 Å². The highest BCUT2D eigenvalue weighted by Gasteiger charge is 2.28. The summed E-state index contributed by atoms with van der Waals surface area (Å²) in [6.45, 7) is 2.77. The van der Waals surface area contributed by atoms with E-state index in [1.165, 1.54) is 12.1 Å². The van der Waals surface area contributed by atoms with Crippen LogP contribution in [0.2, 0.25) is 0 Å². The predicted molar refractivity (Wildman–Crippen MR) is 79.9 cm³/mol. The summed E-state index contributed by atoms with van der Waals surface area (Å²) >= 11 is 3.22. The van der Waals surface area contributed by atoms with Crippen molar-refractivity contribution in [2.75, 3.05) is 6.54 Å². The van der Waals surface area contributed by atoms with Gasteiger partial charge in [-0.2, -0.15) is 0 Å². The molecular formula is C13H17BrN2O3S. The van der Waals surface area contributed by atoms with Gasteiger partial charge in [0.25, 0.3) is 5.91 Å². The van der Waals surface area contributed by atoms with Gasteiger partial charge in [0.2, 0.25) is 10.0 Å². The van der Waals surface area contributed by atoms with E-state index < -0.39 is 10.0 Å². The summed E-state index contributed by atoms with van der Waals surface area (Å²) in [7, 11) is -3.82. The molecule has 5 nitrogen and oxygen atoms in total. The number of benzene rings is 1. The van der Waals surface area contributed by atoms with Gasteiger partial charge in [-0.15, -0.1) is 0 Å². The highest BCUT2D eigenvalue weighted by Crippen LogP contribution is 2.25. The Hall–Kier alpha value is -0.920. The SMILES string of the molecule is CCC1CCCN1C(=O)c1cc(Br)cc(S(N)(=O)=O)c1. The number of carbonyl (C=O) groups is 1. The van der Waals surface area contributed by atoms with Crippen LogP contribution in [0.15, 0.2) is 27.6 Å². The molecule has 0 spiro atoms. The van der Waals surface area contributed by atoms with Crippen molar-refractivity contribution in [3.8, 4) is 0 Å². The van der Waals surface area contributed by atoms with Gasteiger partial charge < -0.3 is 4.90 Å². The Bertz CT molecular complexity index is 631. The maximum absolute atomic E-state index is 12.5. The molecule has 1 heterocycles. The van der Waals surface area contributed by atoms with Crippen LogP contribution in [0.25, 0.3) is 0 Å². The van der Waals surface area contributed by atoms with E-state index in [1.807, 2.05) is 11.8 Å². The lowest BCUT2D eigenvalue weighted by Crippen LogP contribution is -2.35. The average molecular weight is 361 g/mol. The van der Waals surface area contributed by atoms with Gasteiger partial charge in [0, 0.05) is 22.6 Å². The van der Waals surface area contributed by atoms with Gasteiger partial charge in [-0.1, -0.05) is 22.9 Å². The standard InChI is InChI=1S/C13H17BrN2O3S/c1-2-11-4-3-5-16(11)13(17)9-6-10(14)8-12(7-9)20(15,18)19/h6-8,11H,2-5H2,1H3,(H2,15,18,19). The normalized spacial score (nSPS) is 19.4. The zero-order valence-electron chi connectivity index (χ0n) is 11.2. The number of rotatable bonds is 3. The molecule has 1 aliphatic rings. The van der Waals surface area contributed by atoms with E-state index >= 15 is 0 Å². The van der Waals surface area contributed by atoms with Gasteiger partial charge in [0.15, 0.2) is 0 Å². The number of halogens is 1. The second-order valence-corrected chi connectivity index (χ2v) is 7.40. The first-order valence-electron chi connectivity index (χ1n) is 6.47. The van der Waals surface area contributed by atoms with Crippen molar-refractivity contribution in [3.63, 3.8) is 0 Å². The number of hydrogen-bond donors (Lipinski definition) is 1. The Labute approximate surface area is 127 Å². The molecule has 2 N–H and O–H groups in total. The van der Waals surface area contributed by atoms with E-state index in [1.54, 1.807) is 6.07 Å². The first-order chi connectivity index (χ1) is 9.32. The van der Waals surface area contributed by atoms with Crippen molar-refractivity contribution >= 4 is 31.9 Å². The molecule has 1 atom stereocenters. The number of primary sulfonamides is 1. The molecule has 0 radical (unpaired) electrons. The van der Waals surface area contributed by atoms with E-state index in [4.69, 9.17) is 5.14 Å². The van der Waals surface area contributed by atoms with E-state index in [0.717, 1.165) is 19.3 Å². The Morgan fingerprint density at radius 1 is 1.45 bits per heavy atom. The second kappa shape index (κ2) is 5.83.